The Labute approximate surface area is 76.6 Å². The second kappa shape index (κ2) is 2.87. The Morgan fingerprint density at radius 2 is 2.38 bits per heavy atom. The first-order chi connectivity index (χ1) is 6.24. The lowest BCUT2D eigenvalue weighted by molar-refractivity contribution is 0.743. The van der Waals surface area contributed by atoms with Gasteiger partial charge in [0.05, 0.1) is 5.69 Å². The SMILES string of the molecule is CCc1nc2n(c(=O)c1C)CCN2. The van der Waals surface area contributed by atoms with Gasteiger partial charge in [-0.3, -0.25) is 9.36 Å². The third-order valence-corrected chi connectivity index (χ3v) is 2.45. The first kappa shape index (κ1) is 8.29. The maximum atomic E-state index is 11.7. The van der Waals surface area contributed by atoms with E-state index in [0.717, 1.165) is 36.7 Å². The van der Waals surface area contributed by atoms with Crippen molar-refractivity contribution in [3.8, 4) is 0 Å². The molecule has 1 N–H and O–H groups in total. The Kier molecular flexibility index (Phi) is 1.83. The highest BCUT2D eigenvalue weighted by molar-refractivity contribution is 5.34. The highest BCUT2D eigenvalue weighted by atomic mass is 16.1. The fourth-order valence-corrected chi connectivity index (χ4v) is 1.66. The summed E-state index contributed by atoms with van der Waals surface area (Å²) in [6.07, 6.45) is 0.816. The molecule has 0 saturated heterocycles. The van der Waals surface area contributed by atoms with E-state index >= 15 is 0 Å². The average Bonchev–Trinajstić information content (AvgIpc) is 2.59. The molecule has 0 atom stereocenters. The molecule has 0 amide bonds. The molecule has 4 heteroatoms. The predicted molar refractivity (Wildman–Crippen MR) is 51.1 cm³/mol. The Bertz CT molecular complexity index is 394. The van der Waals surface area contributed by atoms with Gasteiger partial charge in [-0.1, -0.05) is 6.92 Å². The van der Waals surface area contributed by atoms with Gasteiger partial charge < -0.3 is 5.32 Å². The van der Waals surface area contributed by atoms with Gasteiger partial charge in [0.15, 0.2) is 0 Å². The molecule has 0 saturated carbocycles. The van der Waals surface area contributed by atoms with Crippen LogP contribution in [0.4, 0.5) is 5.95 Å². The van der Waals surface area contributed by atoms with Gasteiger partial charge in [0.1, 0.15) is 0 Å². The topological polar surface area (TPSA) is 46.9 Å². The van der Waals surface area contributed by atoms with Crippen LogP contribution in [0.3, 0.4) is 0 Å². The summed E-state index contributed by atoms with van der Waals surface area (Å²) in [5, 5.41) is 3.09. The van der Waals surface area contributed by atoms with Crippen LogP contribution < -0.4 is 10.9 Å². The molecule has 0 aromatic carbocycles. The summed E-state index contributed by atoms with van der Waals surface area (Å²) in [7, 11) is 0. The van der Waals surface area contributed by atoms with Crippen molar-refractivity contribution >= 4 is 5.95 Å². The van der Waals surface area contributed by atoms with E-state index in [9.17, 15) is 4.79 Å². The first-order valence-corrected chi connectivity index (χ1v) is 4.58. The van der Waals surface area contributed by atoms with Crippen molar-refractivity contribution in [1.29, 1.82) is 0 Å². The summed E-state index contributed by atoms with van der Waals surface area (Å²) < 4.78 is 1.70. The number of aryl methyl sites for hydroxylation is 1. The number of anilines is 1. The molecule has 1 aromatic rings. The quantitative estimate of drug-likeness (QED) is 0.684. The third-order valence-electron chi connectivity index (χ3n) is 2.45. The molecule has 70 valence electrons. The zero-order chi connectivity index (χ0) is 9.42. The number of aromatic nitrogens is 2. The maximum absolute atomic E-state index is 11.7. The molecule has 1 aliphatic rings. The Morgan fingerprint density at radius 3 is 3.08 bits per heavy atom. The maximum Gasteiger partial charge on any atom is 0.258 e. The zero-order valence-electron chi connectivity index (χ0n) is 7.92. The van der Waals surface area contributed by atoms with Gasteiger partial charge in [0, 0.05) is 18.7 Å². The van der Waals surface area contributed by atoms with Gasteiger partial charge >= 0.3 is 0 Å². The van der Waals surface area contributed by atoms with Crippen molar-refractivity contribution in [1.82, 2.24) is 9.55 Å². The number of rotatable bonds is 1. The molecule has 2 heterocycles. The van der Waals surface area contributed by atoms with Crippen LogP contribution in [-0.4, -0.2) is 16.1 Å². The van der Waals surface area contributed by atoms with Crippen LogP contribution in [0.5, 0.6) is 0 Å². The van der Waals surface area contributed by atoms with E-state index in [0.29, 0.717) is 0 Å². The number of fused-ring (bicyclic) bond motifs is 1. The predicted octanol–water partition coefficient (Wildman–Crippen LogP) is 0.540. The number of hydrogen-bond donors (Lipinski definition) is 1. The van der Waals surface area contributed by atoms with Gasteiger partial charge in [0.25, 0.3) is 5.56 Å². The number of hydrogen-bond acceptors (Lipinski definition) is 3. The van der Waals surface area contributed by atoms with Gasteiger partial charge in [-0.15, -0.1) is 0 Å². The third kappa shape index (κ3) is 1.13. The lowest BCUT2D eigenvalue weighted by Crippen LogP contribution is -2.23. The molecular formula is C9H13N3O. The molecule has 0 bridgehead atoms. The summed E-state index contributed by atoms with van der Waals surface area (Å²) in [6.45, 7) is 5.42. The van der Waals surface area contributed by atoms with Gasteiger partial charge in [-0.25, -0.2) is 4.98 Å². The summed E-state index contributed by atoms with van der Waals surface area (Å²) in [6, 6.07) is 0. The van der Waals surface area contributed by atoms with E-state index < -0.39 is 0 Å². The molecule has 0 unspecified atom stereocenters. The molecule has 0 fully saturated rings. The molecular weight excluding hydrogens is 166 g/mol. The highest BCUT2D eigenvalue weighted by Gasteiger charge is 2.15. The van der Waals surface area contributed by atoms with Crippen LogP contribution in [0.1, 0.15) is 18.2 Å². The van der Waals surface area contributed by atoms with E-state index in [1.807, 2.05) is 13.8 Å². The fraction of sp³-hybridized carbons (Fsp3) is 0.556. The lowest BCUT2D eigenvalue weighted by Gasteiger charge is -2.06. The minimum atomic E-state index is 0.104. The van der Waals surface area contributed by atoms with Crippen LogP contribution >= 0.6 is 0 Å². The lowest BCUT2D eigenvalue weighted by atomic mass is 10.2. The van der Waals surface area contributed by atoms with Crippen molar-refractivity contribution in [3.63, 3.8) is 0 Å². The van der Waals surface area contributed by atoms with Crippen LogP contribution in [0, 0.1) is 6.92 Å². The second-order valence-corrected chi connectivity index (χ2v) is 3.24. The van der Waals surface area contributed by atoms with Crippen LogP contribution in [0.25, 0.3) is 0 Å². The van der Waals surface area contributed by atoms with E-state index in [4.69, 9.17) is 0 Å². The molecule has 1 aromatic heterocycles. The zero-order valence-corrected chi connectivity index (χ0v) is 7.92. The molecule has 0 aliphatic carbocycles. The van der Waals surface area contributed by atoms with E-state index in [-0.39, 0.29) is 5.56 Å². The molecule has 0 radical (unpaired) electrons. The van der Waals surface area contributed by atoms with Crippen LogP contribution in [0.15, 0.2) is 4.79 Å². The van der Waals surface area contributed by atoms with E-state index in [1.165, 1.54) is 0 Å². The normalized spacial score (nSPS) is 14.0. The number of nitrogens with zero attached hydrogens (tertiary/aromatic N) is 2. The average molecular weight is 179 g/mol. The summed E-state index contributed by atoms with van der Waals surface area (Å²) in [4.78, 5) is 16.1. The van der Waals surface area contributed by atoms with E-state index in [1.54, 1.807) is 4.57 Å². The summed E-state index contributed by atoms with van der Waals surface area (Å²) in [5.74, 6) is 0.729. The Morgan fingerprint density at radius 1 is 1.62 bits per heavy atom. The van der Waals surface area contributed by atoms with E-state index in [2.05, 4.69) is 10.3 Å². The van der Waals surface area contributed by atoms with Gasteiger partial charge in [0.2, 0.25) is 5.95 Å². The number of nitrogens with one attached hydrogen (secondary N) is 1. The first-order valence-electron chi connectivity index (χ1n) is 4.58. The van der Waals surface area contributed by atoms with Crippen molar-refractivity contribution in [2.45, 2.75) is 26.8 Å². The Hall–Kier alpha value is -1.32. The standard InChI is InChI=1S/C9H13N3O/c1-3-7-6(2)8(13)12-5-4-10-9(12)11-7/h3-5H2,1-2H3,(H,10,11). The van der Waals surface area contributed by atoms with Crippen molar-refractivity contribution < 1.29 is 0 Å². The van der Waals surface area contributed by atoms with Gasteiger partial charge in [-0.2, -0.15) is 0 Å². The largest absolute Gasteiger partial charge is 0.354 e. The molecule has 13 heavy (non-hydrogen) atoms. The van der Waals surface area contributed by atoms with Crippen molar-refractivity contribution in [2.24, 2.45) is 0 Å². The summed E-state index contributed by atoms with van der Waals surface area (Å²) in [5.41, 5.74) is 1.80. The minimum absolute atomic E-state index is 0.104. The molecule has 1 aliphatic heterocycles. The van der Waals surface area contributed by atoms with Crippen molar-refractivity contribution in [3.05, 3.63) is 21.6 Å². The van der Waals surface area contributed by atoms with Crippen LogP contribution in [0.2, 0.25) is 0 Å². The summed E-state index contributed by atoms with van der Waals surface area (Å²) >= 11 is 0. The fourth-order valence-electron chi connectivity index (χ4n) is 1.66. The Balaban J connectivity index is 2.68. The second-order valence-electron chi connectivity index (χ2n) is 3.24. The van der Waals surface area contributed by atoms with Crippen molar-refractivity contribution in [2.75, 3.05) is 11.9 Å². The molecule has 4 nitrogen and oxygen atoms in total. The highest BCUT2D eigenvalue weighted by Crippen LogP contribution is 2.10. The van der Waals surface area contributed by atoms with Crippen LogP contribution in [-0.2, 0) is 13.0 Å². The smallest absolute Gasteiger partial charge is 0.258 e. The molecule has 0 spiro atoms. The van der Waals surface area contributed by atoms with Gasteiger partial charge in [-0.05, 0) is 13.3 Å². The minimum Gasteiger partial charge on any atom is -0.354 e. The molecule has 2 rings (SSSR count). The monoisotopic (exact) mass is 179 g/mol.